The van der Waals surface area contributed by atoms with Gasteiger partial charge in [-0.15, -0.1) is 0 Å². The maximum Gasteiger partial charge on any atom is 0.125 e. The van der Waals surface area contributed by atoms with Crippen LogP contribution in [0, 0.1) is 13.8 Å². The Morgan fingerprint density at radius 2 is 2.00 bits per heavy atom. The van der Waals surface area contributed by atoms with Crippen LogP contribution in [-0.2, 0) is 0 Å². The van der Waals surface area contributed by atoms with Crippen LogP contribution in [0.2, 0.25) is 5.02 Å². The normalized spacial score (nSPS) is 12.7. The van der Waals surface area contributed by atoms with Gasteiger partial charge in [-0.25, -0.2) is 0 Å². The summed E-state index contributed by atoms with van der Waals surface area (Å²) in [5.74, 6) is 0.797. The standard InChI is InChI=1S/C11H15ClO2/c1-6-5-9(12)10(8(3)13)7(2)11(6)14-4/h5,8,13H,1-4H3. The highest BCUT2D eigenvalue weighted by Crippen LogP contribution is 2.35. The van der Waals surface area contributed by atoms with Crippen molar-refractivity contribution in [2.45, 2.75) is 26.9 Å². The Hall–Kier alpha value is -0.730. The lowest BCUT2D eigenvalue weighted by molar-refractivity contribution is 0.198. The lowest BCUT2D eigenvalue weighted by atomic mass is 10.0. The van der Waals surface area contributed by atoms with Gasteiger partial charge in [0, 0.05) is 10.6 Å². The van der Waals surface area contributed by atoms with Gasteiger partial charge in [-0.2, -0.15) is 0 Å². The first-order valence-corrected chi connectivity index (χ1v) is 4.88. The molecule has 1 aromatic rings. The van der Waals surface area contributed by atoms with Crippen LogP contribution in [0.15, 0.2) is 6.07 Å². The molecule has 78 valence electrons. The molecule has 1 rings (SSSR count). The number of rotatable bonds is 2. The first-order chi connectivity index (χ1) is 6.49. The zero-order chi connectivity index (χ0) is 10.9. The van der Waals surface area contributed by atoms with E-state index in [1.807, 2.05) is 19.9 Å². The Morgan fingerprint density at radius 1 is 1.43 bits per heavy atom. The SMILES string of the molecule is COc1c(C)cc(Cl)c(C(C)O)c1C. The molecule has 0 saturated heterocycles. The summed E-state index contributed by atoms with van der Waals surface area (Å²) in [4.78, 5) is 0. The van der Waals surface area contributed by atoms with Crippen molar-refractivity contribution >= 4 is 11.6 Å². The first-order valence-electron chi connectivity index (χ1n) is 4.50. The smallest absolute Gasteiger partial charge is 0.125 e. The monoisotopic (exact) mass is 214 g/mol. The summed E-state index contributed by atoms with van der Waals surface area (Å²) in [6, 6.07) is 1.81. The van der Waals surface area contributed by atoms with Gasteiger partial charge in [0.15, 0.2) is 0 Å². The summed E-state index contributed by atoms with van der Waals surface area (Å²) in [6.07, 6.45) is -0.572. The molecule has 0 bridgehead atoms. The van der Waals surface area contributed by atoms with Crippen molar-refractivity contribution in [1.29, 1.82) is 0 Å². The van der Waals surface area contributed by atoms with Crippen LogP contribution in [0.4, 0.5) is 0 Å². The Morgan fingerprint density at radius 3 is 2.43 bits per heavy atom. The molecule has 0 saturated carbocycles. The second kappa shape index (κ2) is 4.20. The highest BCUT2D eigenvalue weighted by atomic mass is 35.5. The molecule has 2 nitrogen and oxygen atoms in total. The number of benzene rings is 1. The van der Waals surface area contributed by atoms with Gasteiger partial charge in [0.2, 0.25) is 0 Å². The molecule has 1 unspecified atom stereocenters. The van der Waals surface area contributed by atoms with Gasteiger partial charge in [-0.05, 0) is 38.0 Å². The van der Waals surface area contributed by atoms with E-state index in [0.717, 1.165) is 22.4 Å². The van der Waals surface area contributed by atoms with Crippen molar-refractivity contribution < 1.29 is 9.84 Å². The molecule has 0 aliphatic rings. The van der Waals surface area contributed by atoms with Gasteiger partial charge >= 0.3 is 0 Å². The average molecular weight is 215 g/mol. The minimum absolute atomic E-state index is 0.572. The predicted octanol–water partition coefficient (Wildman–Crippen LogP) is 3.02. The molecular weight excluding hydrogens is 200 g/mol. The lowest BCUT2D eigenvalue weighted by Crippen LogP contribution is -2.01. The predicted molar refractivity (Wildman–Crippen MR) is 58.1 cm³/mol. The molecule has 0 radical (unpaired) electrons. The van der Waals surface area contributed by atoms with Crippen molar-refractivity contribution in [1.82, 2.24) is 0 Å². The van der Waals surface area contributed by atoms with Crippen molar-refractivity contribution in [3.63, 3.8) is 0 Å². The maximum absolute atomic E-state index is 9.56. The average Bonchev–Trinajstić information content (AvgIpc) is 2.02. The minimum atomic E-state index is -0.572. The van der Waals surface area contributed by atoms with E-state index in [4.69, 9.17) is 16.3 Å². The third-order valence-corrected chi connectivity index (χ3v) is 2.64. The van der Waals surface area contributed by atoms with E-state index in [1.54, 1.807) is 14.0 Å². The van der Waals surface area contributed by atoms with Crippen LogP contribution < -0.4 is 4.74 Å². The fourth-order valence-electron chi connectivity index (χ4n) is 1.76. The summed E-state index contributed by atoms with van der Waals surface area (Å²) < 4.78 is 5.25. The Labute approximate surface area is 89.5 Å². The third-order valence-electron chi connectivity index (χ3n) is 2.33. The van der Waals surface area contributed by atoms with Crippen LogP contribution >= 0.6 is 11.6 Å². The molecule has 0 amide bonds. The molecule has 14 heavy (non-hydrogen) atoms. The Balaban J connectivity index is 3.44. The van der Waals surface area contributed by atoms with Gasteiger partial charge in [-0.1, -0.05) is 11.6 Å². The highest BCUT2D eigenvalue weighted by Gasteiger charge is 2.15. The molecule has 3 heteroatoms. The number of ether oxygens (including phenoxy) is 1. The van der Waals surface area contributed by atoms with E-state index < -0.39 is 6.10 Å². The van der Waals surface area contributed by atoms with Crippen LogP contribution in [0.3, 0.4) is 0 Å². The molecule has 0 aliphatic heterocycles. The minimum Gasteiger partial charge on any atom is -0.496 e. The van der Waals surface area contributed by atoms with Gasteiger partial charge in [-0.3, -0.25) is 0 Å². The number of methoxy groups -OCH3 is 1. The molecule has 1 atom stereocenters. The molecule has 0 fully saturated rings. The summed E-state index contributed by atoms with van der Waals surface area (Å²) in [6.45, 7) is 5.53. The van der Waals surface area contributed by atoms with E-state index >= 15 is 0 Å². The van der Waals surface area contributed by atoms with Crippen LogP contribution in [-0.4, -0.2) is 12.2 Å². The van der Waals surface area contributed by atoms with E-state index in [2.05, 4.69) is 0 Å². The number of aryl methyl sites for hydroxylation is 1. The Kier molecular flexibility index (Phi) is 3.40. The number of hydrogen-bond acceptors (Lipinski definition) is 2. The third kappa shape index (κ3) is 1.86. The zero-order valence-electron chi connectivity index (χ0n) is 8.89. The number of aliphatic hydroxyl groups is 1. The van der Waals surface area contributed by atoms with Crippen molar-refractivity contribution in [3.8, 4) is 5.75 Å². The number of hydrogen-bond donors (Lipinski definition) is 1. The fraction of sp³-hybridized carbons (Fsp3) is 0.455. The molecular formula is C11H15ClO2. The van der Waals surface area contributed by atoms with Crippen molar-refractivity contribution in [2.24, 2.45) is 0 Å². The lowest BCUT2D eigenvalue weighted by Gasteiger charge is -2.16. The van der Waals surface area contributed by atoms with Gasteiger partial charge in [0.25, 0.3) is 0 Å². The maximum atomic E-state index is 9.56. The van der Waals surface area contributed by atoms with Crippen LogP contribution in [0.1, 0.15) is 29.7 Å². The van der Waals surface area contributed by atoms with E-state index in [-0.39, 0.29) is 0 Å². The van der Waals surface area contributed by atoms with Crippen molar-refractivity contribution in [3.05, 3.63) is 27.8 Å². The first kappa shape index (κ1) is 11.3. The number of aliphatic hydroxyl groups excluding tert-OH is 1. The van der Waals surface area contributed by atoms with E-state index in [1.165, 1.54) is 0 Å². The number of halogens is 1. The highest BCUT2D eigenvalue weighted by molar-refractivity contribution is 6.31. The summed E-state index contributed by atoms with van der Waals surface area (Å²) in [5, 5.41) is 10.1. The van der Waals surface area contributed by atoms with Crippen molar-refractivity contribution in [2.75, 3.05) is 7.11 Å². The largest absolute Gasteiger partial charge is 0.496 e. The second-order valence-electron chi connectivity index (χ2n) is 3.42. The van der Waals surface area contributed by atoms with Gasteiger partial charge in [0.05, 0.1) is 13.2 Å². The van der Waals surface area contributed by atoms with Crippen LogP contribution in [0.5, 0.6) is 5.75 Å². The summed E-state index contributed by atoms with van der Waals surface area (Å²) >= 11 is 6.04. The molecule has 0 spiro atoms. The molecule has 0 aromatic heterocycles. The second-order valence-corrected chi connectivity index (χ2v) is 3.83. The summed E-state index contributed by atoms with van der Waals surface area (Å²) in [5.41, 5.74) is 2.64. The molecule has 1 N–H and O–H groups in total. The summed E-state index contributed by atoms with van der Waals surface area (Å²) in [7, 11) is 1.62. The van der Waals surface area contributed by atoms with Gasteiger partial charge in [0.1, 0.15) is 5.75 Å². The van der Waals surface area contributed by atoms with E-state index in [9.17, 15) is 5.11 Å². The van der Waals surface area contributed by atoms with Gasteiger partial charge < -0.3 is 9.84 Å². The Bertz CT molecular complexity index is 346. The van der Waals surface area contributed by atoms with Crippen LogP contribution in [0.25, 0.3) is 0 Å². The topological polar surface area (TPSA) is 29.5 Å². The zero-order valence-corrected chi connectivity index (χ0v) is 9.64. The molecule has 0 heterocycles. The van der Waals surface area contributed by atoms with E-state index in [0.29, 0.717) is 5.02 Å². The fourth-order valence-corrected chi connectivity index (χ4v) is 2.22. The molecule has 1 aromatic carbocycles. The molecule has 0 aliphatic carbocycles. The quantitative estimate of drug-likeness (QED) is 0.820.